The minimum atomic E-state index is -0.407. The summed E-state index contributed by atoms with van der Waals surface area (Å²) in [6.07, 6.45) is 0. The van der Waals surface area contributed by atoms with E-state index in [1.165, 1.54) is 7.11 Å². The summed E-state index contributed by atoms with van der Waals surface area (Å²) in [5.41, 5.74) is 8.58. The van der Waals surface area contributed by atoms with Crippen LogP contribution >= 0.6 is 0 Å². The number of hydrogen-bond acceptors (Lipinski definition) is 5. The molecule has 3 aromatic rings. The summed E-state index contributed by atoms with van der Waals surface area (Å²) in [4.78, 5) is 11.7. The van der Waals surface area contributed by atoms with E-state index in [1.54, 1.807) is 12.1 Å². The molecule has 3 aromatic carbocycles. The first-order chi connectivity index (χ1) is 13.1. The van der Waals surface area contributed by atoms with Gasteiger partial charge in [0.1, 0.15) is 17.4 Å². The van der Waals surface area contributed by atoms with Crippen LogP contribution in [-0.2, 0) is 4.74 Å². The first-order valence-corrected chi connectivity index (χ1v) is 8.41. The van der Waals surface area contributed by atoms with Crippen LogP contribution in [0.2, 0.25) is 0 Å². The molecule has 132 valence electrons. The van der Waals surface area contributed by atoms with Crippen molar-refractivity contribution in [1.29, 1.82) is 5.26 Å². The van der Waals surface area contributed by atoms with Gasteiger partial charge in [-0.25, -0.2) is 4.79 Å². The maximum absolute atomic E-state index is 11.7. The molecule has 2 N–H and O–H groups in total. The van der Waals surface area contributed by atoms with Gasteiger partial charge in [-0.3, -0.25) is 0 Å². The topological polar surface area (TPSA) is 85.3 Å². The van der Waals surface area contributed by atoms with Gasteiger partial charge in [-0.05, 0) is 34.5 Å². The van der Waals surface area contributed by atoms with Crippen molar-refractivity contribution in [3.63, 3.8) is 0 Å². The van der Waals surface area contributed by atoms with Gasteiger partial charge in [-0.2, -0.15) is 5.26 Å². The number of nitrogens with two attached hydrogens (primary N) is 1. The number of nitriles is 1. The minimum absolute atomic E-state index is 0.0994. The van der Waals surface area contributed by atoms with E-state index in [-0.39, 0.29) is 11.8 Å². The van der Waals surface area contributed by atoms with Crippen molar-refractivity contribution in [3.8, 4) is 11.8 Å². The van der Waals surface area contributed by atoms with E-state index in [0.29, 0.717) is 16.9 Å². The van der Waals surface area contributed by atoms with E-state index in [2.05, 4.69) is 6.07 Å². The summed E-state index contributed by atoms with van der Waals surface area (Å²) in [5, 5.41) is 11.8. The van der Waals surface area contributed by atoms with Gasteiger partial charge >= 0.3 is 5.97 Å². The van der Waals surface area contributed by atoms with Gasteiger partial charge in [-0.1, -0.05) is 42.5 Å². The second-order valence-electron chi connectivity index (χ2n) is 6.24. The zero-order chi connectivity index (χ0) is 19.0. The number of hydrogen-bond donors (Lipinski definition) is 1. The number of ether oxygens (including phenoxy) is 2. The minimum Gasteiger partial charge on any atom is -0.465 e. The lowest BCUT2D eigenvalue weighted by molar-refractivity contribution is 0.0600. The molecule has 0 aliphatic carbocycles. The molecule has 0 amide bonds. The number of fused-ring (bicyclic) bond motifs is 3. The predicted octanol–water partition coefficient (Wildman–Crippen LogP) is 3.84. The van der Waals surface area contributed by atoms with Crippen LogP contribution in [0.15, 0.2) is 72.1 Å². The third-order valence-electron chi connectivity index (χ3n) is 4.78. The van der Waals surface area contributed by atoms with Gasteiger partial charge < -0.3 is 15.2 Å². The molecule has 0 bridgehead atoms. The smallest absolute Gasteiger partial charge is 0.337 e. The van der Waals surface area contributed by atoms with Gasteiger partial charge in [0.2, 0.25) is 5.88 Å². The van der Waals surface area contributed by atoms with Gasteiger partial charge in [0.15, 0.2) is 0 Å². The van der Waals surface area contributed by atoms with E-state index in [1.807, 2.05) is 48.5 Å². The number of methoxy groups -OCH3 is 1. The molecule has 0 spiro atoms. The predicted molar refractivity (Wildman–Crippen MR) is 101 cm³/mol. The fourth-order valence-electron chi connectivity index (χ4n) is 3.50. The highest BCUT2D eigenvalue weighted by molar-refractivity contribution is 5.91. The molecular formula is C22H16N2O3. The zero-order valence-electron chi connectivity index (χ0n) is 14.6. The van der Waals surface area contributed by atoms with Crippen molar-refractivity contribution in [2.75, 3.05) is 7.11 Å². The van der Waals surface area contributed by atoms with E-state index in [9.17, 15) is 10.1 Å². The number of rotatable bonds is 2. The SMILES string of the molecule is COC(=O)c1ccc(C2C(C#N)=C(N)Oc3ccc4ccccc4c32)cc1. The van der Waals surface area contributed by atoms with Crippen LogP contribution in [0.3, 0.4) is 0 Å². The monoisotopic (exact) mass is 356 g/mol. The summed E-state index contributed by atoms with van der Waals surface area (Å²) >= 11 is 0. The van der Waals surface area contributed by atoms with Crippen molar-refractivity contribution in [1.82, 2.24) is 0 Å². The van der Waals surface area contributed by atoms with Crippen LogP contribution < -0.4 is 10.5 Å². The molecule has 1 unspecified atom stereocenters. The van der Waals surface area contributed by atoms with Crippen LogP contribution in [0.1, 0.15) is 27.4 Å². The molecule has 1 atom stereocenters. The molecule has 1 aliphatic rings. The molecule has 4 rings (SSSR count). The summed E-state index contributed by atoms with van der Waals surface area (Å²) in [5.74, 6) is -0.0546. The highest BCUT2D eigenvalue weighted by Crippen LogP contribution is 2.45. The molecule has 1 heterocycles. The molecule has 0 fully saturated rings. The fourth-order valence-corrected chi connectivity index (χ4v) is 3.50. The average molecular weight is 356 g/mol. The van der Waals surface area contributed by atoms with Crippen LogP contribution in [0.4, 0.5) is 0 Å². The Labute approximate surface area is 156 Å². The second-order valence-corrected chi connectivity index (χ2v) is 6.24. The molecule has 0 radical (unpaired) electrons. The van der Waals surface area contributed by atoms with Gasteiger partial charge in [0.05, 0.1) is 18.6 Å². The van der Waals surface area contributed by atoms with E-state index in [0.717, 1.165) is 21.9 Å². The Kier molecular flexibility index (Phi) is 4.02. The van der Waals surface area contributed by atoms with Crippen molar-refractivity contribution in [2.24, 2.45) is 5.73 Å². The standard InChI is InChI=1S/C22H16N2O3/c1-26-22(25)15-8-6-14(7-9-15)19-17(12-23)21(24)27-18-11-10-13-4-2-3-5-16(13)20(18)19/h2-11,19H,24H2,1H3. The molecule has 0 aromatic heterocycles. The van der Waals surface area contributed by atoms with Crippen molar-refractivity contribution >= 4 is 16.7 Å². The fraction of sp³-hybridized carbons (Fsp3) is 0.0909. The normalized spacial score (nSPS) is 15.6. The summed E-state index contributed by atoms with van der Waals surface area (Å²) < 4.78 is 10.5. The highest BCUT2D eigenvalue weighted by Gasteiger charge is 2.32. The van der Waals surface area contributed by atoms with Crippen molar-refractivity contribution < 1.29 is 14.3 Å². The number of carbonyl (C=O) groups is 1. The summed E-state index contributed by atoms with van der Waals surface area (Å²) in [7, 11) is 1.34. The number of esters is 1. The Morgan fingerprint density at radius 2 is 1.85 bits per heavy atom. The third-order valence-corrected chi connectivity index (χ3v) is 4.78. The second kappa shape index (κ2) is 6.50. The van der Waals surface area contributed by atoms with E-state index < -0.39 is 5.97 Å². The Hall–Kier alpha value is -3.78. The summed E-state index contributed by atoms with van der Waals surface area (Å²) in [6, 6.07) is 21.0. The Balaban J connectivity index is 1.95. The molecule has 5 heteroatoms. The molecular weight excluding hydrogens is 340 g/mol. The average Bonchev–Trinajstić information content (AvgIpc) is 2.72. The Morgan fingerprint density at radius 3 is 2.56 bits per heavy atom. The van der Waals surface area contributed by atoms with Crippen LogP contribution in [0.5, 0.6) is 5.75 Å². The Bertz CT molecular complexity index is 1120. The Morgan fingerprint density at radius 1 is 1.11 bits per heavy atom. The lowest BCUT2D eigenvalue weighted by Gasteiger charge is -2.28. The molecule has 5 nitrogen and oxygen atoms in total. The van der Waals surface area contributed by atoms with Crippen LogP contribution in [0.25, 0.3) is 10.8 Å². The maximum Gasteiger partial charge on any atom is 0.337 e. The van der Waals surface area contributed by atoms with E-state index in [4.69, 9.17) is 15.2 Å². The highest BCUT2D eigenvalue weighted by atomic mass is 16.5. The van der Waals surface area contributed by atoms with Crippen LogP contribution in [0, 0.1) is 11.3 Å². The number of nitrogens with zero attached hydrogens (tertiary/aromatic N) is 1. The largest absolute Gasteiger partial charge is 0.465 e. The van der Waals surface area contributed by atoms with Crippen molar-refractivity contribution in [2.45, 2.75) is 5.92 Å². The zero-order valence-corrected chi connectivity index (χ0v) is 14.6. The first-order valence-electron chi connectivity index (χ1n) is 8.41. The molecule has 27 heavy (non-hydrogen) atoms. The van der Waals surface area contributed by atoms with Crippen molar-refractivity contribution in [3.05, 3.63) is 88.8 Å². The number of carbonyl (C=O) groups excluding carboxylic acids is 1. The van der Waals surface area contributed by atoms with Crippen LogP contribution in [-0.4, -0.2) is 13.1 Å². The molecule has 0 saturated carbocycles. The molecule has 1 aliphatic heterocycles. The lowest BCUT2D eigenvalue weighted by Crippen LogP contribution is -2.21. The summed E-state index contributed by atoms with van der Waals surface area (Å²) in [6.45, 7) is 0. The lowest BCUT2D eigenvalue weighted by atomic mass is 9.81. The quantitative estimate of drug-likeness (QED) is 0.705. The van der Waals surface area contributed by atoms with E-state index >= 15 is 0 Å². The first kappa shape index (κ1) is 16.7. The third kappa shape index (κ3) is 2.68. The maximum atomic E-state index is 11.7. The van der Waals surface area contributed by atoms with Gasteiger partial charge in [-0.15, -0.1) is 0 Å². The number of allylic oxidation sites excluding steroid dienone is 1. The van der Waals surface area contributed by atoms with Gasteiger partial charge in [0, 0.05) is 5.56 Å². The molecule has 0 saturated heterocycles. The number of benzene rings is 3. The van der Waals surface area contributed by atoms with Gasteiger partial charge in [0.25, 0.3) is 0 Å².